The minimum absolute atomic E-state index is 0.225. The van der Waals surface area contributed by atoms with Gasteiger partial charge in [0.05, 0.1) is 5.92 Å². The average molecular weight is 471 g/mol. The molecule has 3 aromatic rings. The first-order valence-electron chi connectivity index (χ1n) is 11.0. The van der Waals surface area contributed by atoms with Gasteiger partial charge >= 0.3 is 17.9 Å². The van der Waals surface area contributed by atoms with Crippen LogP contribution in [0.1, 0.15) is 20.8 Å². The molecule has 0 aliphatic heterocycles. The van der Waals surface area contributed by atoms with Crippen molar-refractivity contribution in [3.05, 3.63) is 91.5 Å². The third kappa shape index (κ3) is 6.54. The Balaban J connectivity index is 1.91. The first kappa shape index (κ1) is 25.2. The molecule has 0 heterocycles. The molecule has 0 aliphatic rings. The SMILES string of the molecule is C=CC(=O)Oc1cc(-c2ccc(OC(=O)C(C)C)cc2)ccc1-c1ccc(OC(=O)C(=C)C)cc1. The second-order valence-electron chi connectivity index (χ2n) is 8.13. The van der Waals surface area contributed by atoms with Gasteiger partial charge in [0.15, 0.2) is 0 Å². The molecule has 0 saturated heterocycles. The molecule has 0 bridgehead atoms. The summed E-state index contributed by atoms with van der Waals surface area (Å²) in [6.45, 7) is 12.1. The summed E-state index contributed by atoms with van der Waals surface area (Å²) in [5.74, 6) is -0.456. The molecule has 0 N–H and O–H groups in total. The highest BCUT2D eigenvalue weighted by atomic mass is 16.5. The number of hydrogen-bond acceptors (Lipinski definition) is 6. The van der Waals surface area contributed by atoms with Crippen LogP contribution in [0, 0.1) is 5.92 Å². The van der Waals surface area contributed by atoms with E-state index in [1.807, 2.05) is 24.3 Å². The number of hydrogen-bond donors (Lipinski definition) is 0. The Labute approximate surface area is 204 Å². The van der Waals surface area contributed by atoms with Crippen LogP contribution in [0.4, 0.5) is 0 Å². The van der Waals surface area contributed by atoms with Gasteiger partial charge in [-0.05, 0) is 53.9 Å². The molecule has 0 aliphatic carbocycles. The van der Waals surface area contributed by atoms with Crippen LogP contribution in [0.5, 0.6) is 17.2 Å². The first-order chi connectivity index (χ1) is 16.7. The third-order valence-corrected chi connectivity index (χ3v) is 4.96. The molecule has 0 amide bonds. The standard InChI is InChI=1S/C29H26O6/c1-6-27(30)35-26-17-22(20-7-12-23(13-8-20)33-28(31)18(2)3)11-16-25(26)21-9-14-24(15-10-21)34-29(32)19(4)5/h6-18H,1,4H2,2-3,5H3. The molecule has 3 rings (SSSR count). The van der Waals surface area contributed by atoms with E-state index in [0.29, 0.717) is 28.4 Å². The lowest BCUT2D eigenvalue weighted by Crippen LogP contribution is -2.14. The van der Waals surface area contributed by atoms with E-state index in [4.69, 9.17) is 14.2 Å². The Hall–Kier alpha value is -4.45. The number of rotatable bonds is 8. The Morgan fingerprint density at radius 3 is 1.86 bits per heavy atom. The monoisotopic (exact) mass is 470 g/mol. The molecule has 6 heteroatoms. The van der Waals surface area contributed by atoms with Crippen molar-refractivity contribution in [1.82, 2.24) is 0 Å². The third-order valence-electron chi connectivity index (χ3n) is 4.96. The Bertz CT molecular complexity index is 1270. The highest BCUT2D eigenvalue weighted by molar-refractivity contribution is 5.89. The molecule has 0 atom stereocenters. The topological polar surface area (TPSA) is 78.9 Å². The summed E-state index contributed by atoms with van der Waals surface area (Å²) < 4.78 is 16.1. The molecule has 178 valence electrons. The van der Waals surface area contributed by atoms with Gasteiger partial charge in [0, 0.05) is 17.2 Å². The fourth-order valence-corrected chi connectivity index (χ4v) is 3.02. The Morgan fingerprint density at radius 1 is 0.771 bits per heavy atom. The number of carbonyl (C=O) groups excluding carboxylic acids is 3. The van der Waals surface area contributed by atoms with Crippen LogP contribution in [0.15, 0.2) is 91.5 Å². The Morgan fingerprint density at radius 2 is 1.31 bits per heavy atom. The van der Waals surface area contributed by atoms with Crippen LogP contribution < -0.4 is 14.2 Å². The van der Waals surface area contributed by atoms with E-state index in [9.17, 15) is 14.4 Å². The fourth-order valence-electron chi connectivity index (χ4n) is 3.02. The number of ether oxygens (including phenoxy) is 3. The summed E-state index contributed by atoms with van der Waals surface area (Å²) in [7, 11) is 0. The zero-order valence-corrected chi connectivity index (χ0v) is 19.9. The molecule has 35 heavy (non-hydrogen) atoms. The van der Waals surface area contributed by atoms with Crippen molar-refractivity contribution < 1.29 is 28.6 Å². The van der Waals surface area contributed by atoms with Crippen molar-refractivity contribution >= 4 is 17.9 Å². The van der Waals surface area contributed by atoms with Crippen LogP contribution in [0.3, 0.4) is 0 Å². The van der Waals surface area contributed by atoms with Crippen molar-refractivity contribution in [2.24, 2.45) is 5.92 Å². The summed E-state index contributed by atoms with van der Waals surface area (Å²) in [4.78, 5) is 35.5. The van der Waals surface area contributed by atoms with Crippen molar-refractivity contribution in [2.45, 2.75) is 20.8 Å². The minimum atomic E-state index is -0.591. The van der Waals surface area contributed by atoms with E-state index >= 15 is 0 Å². The van der Waals surface area contributed by atoms with E-state index in [1.165, 1.54) is 0 Å². The fraction of sp³-hybridized carbons (Fsp3) is 0.138. The number of benzene rings is 3. The highest BCUT2D eigenvalue weighted by Gasteiger charge is 2.14. The molecular formula is C29H26O6. The van der Waals surface area contributed by atoms with Gasteiger partial charge in [-0.2, -0.15) is 0 Å². The van der Waals surface area contributed by atoms with E-state index < -0.39 is 11.9 Å². The summed E-state index contributed by atoms with van der Waals surface area (Å²) >= 11 is 0. The zero-order chi connectivity index (χ0) is 25.5. The average Bonchev–Trinajstić information content (AvgIpc) is 2.84. The van der Waals surface area contributed by atoms with Crippen LogP contribution in [0.2, 0.25) is 0 Å². The number of carbonyl (C=O) groups is 3. The quantitative estimate of drug-likeness (QED) is 0.223. The van der Waals surface area contributed by atoms with Gasteiger partial charge in [0.1, 0.15) is 17.2 Å². The van der Waals surface area contributed by atoms with Crippen LogP contribution in [-0.2, 0) is 14.4 Å². The maximum Gasteiger partial charge on any atom is 0.338 e. The molecule has 0 radical (unpaired) electrons. The van der Waals surface area contributed by atoms with Crippen LogP contribution in [-0.4, -0.2) is 17.9 Å². The van der Waals surface area contributed by atoms with Crippen LogP contribution in [0.25, 0.3) is 22.3 Å². The van der Waals surface area contributed by atoms with Gasteiger partial charge in [0.2, 0.25) is 0 Å². The van der Waals surface area contributed by atoms with Crippen molar-refractivity contribution in [3.8, 4) is 39.5 Å². The lowest BCUT2D eigenvalue weighted by atomic mass is 9.99. The molecule has 3 aromatic carbocycles. The van der Waals surface area contributed by atoms with E-state index in [1.54, 1.807) is 63.2 Å². The smallest absolute Gasteiger partial charge is 0.338 e. The van der Waals surface area contributed by atoms with Crippen molar-refractivity contribution in [2.75, 3.05) is 0 Å². The predicted molar refractivity (Wildman–Crippen MR) is 134 cm³/mol. The lowest BCUT2D eigenvalue weighted by Gasteiger charge is -2.13. The first-order valence-corrected chi connectivity index (χ1v) is 11.0. The summed E-state index contributed by atoms with van der Waals surface area (Å²) in [5.41, 5.74) is 3.38. The molecule has 0 saturated carbocycles. The molecule has 0 fully saturated rings. The second kappa shape index (κ2) is 11.1. The summed E-state index contributed by atoms with van der Waals surface area (Å²) in [6, 6.07) is 19.4. The van der Waals surface area contributed by atoms with Crippen LogP contribution >= 0.6 is 0 Å². The van der Waals surface area contributed by atoms with E-state index in [2.05, 4.69) is 13.2 Å². The van der Waals surface area contributed by atoms with Crippen molar-refractivity contribution in [1.29, 1.82) is 0 Å². The van der Waals surface area contributed by atoms with Gasteiger partial charge in [-0.3, -0.25) is 4.79 Å². The van der Waals surface area contributed by atoms with Gasteiger partial charge in [-0.25, -0.2) is 9.59 Å². The van der Waals surface area contributed by atoms with E-state index in [-0.39, 0.29) is 11.9 Å². The predicted octanol–water partition coefficient (Wildman–Crippen LogP) is 6.15. The molecule has 0 spiro atoms. The Kier molecular flexibility index (Phi) is 8.00. The van der Waals surface area contributed by atoms with Gasteiger partial charge in [0.25, 0.3) is 0 Å². The zero-order valence-electron chi connectivity index (χ0n) is 19.9. The number of esters is 3. The maximum absolute atomic E-state index is 12.0. The van der Waals surface area contributed by atoms with E-state index in [0.717, 1.165) is 22.8 Å². The summed E-state index contributed by atoms with van der Waals surface area (Å²) in [6.07, 6.45) is 1.09. The molecule has 0 unspecified atom stereocenters. The molecule has 0 aromatic heterocycles. The van der Waals surface area contributed by atoms with Gasteiger partial charge in [-0.15, -0.1) is 0 Å². The maximum atomic E-state index is 12.0. The normalized spacial score (nSPS) is 10.4. The minimum Gasteiger partial charge on any atom is -0.426 e. The summed E-state index contributed by atoms with van der Waals surface area (Å²) in [5, 5.41) is 0. The van der Waals surface area contributed by atoms with Crippen molar-refractivity contribution in [3.63, 3.8) is 0 Å². The molecule has 6 nitrogen and oxygen atoms in total. The second-order valence-corrected chi connectivity index (χ2v) is 8.13. The molecular weight excluding hydrogens is 444 g/mol. The van der Waals surface area contributed by atoms with Gasteiger partial charge < -0.3 is 14.2 Å². The highest BCUT2D eigenvalue weighted by Crippen LogP contribution is 2.36. The largest absolute Gasteiger partial charge is 0.426 e. The van der Waals surface area contributed by atoms with Gasteiger partial charge in [-0.1, -0.05) is 63.4 Å². The lowest BCUT2D eigenvalue weighted by molar-refractivity contribution is -0.137.